The van der Waals surface area contributed by atoms with Crippen molar-refractivity contribution in [1.29, 1.82) is 5.26 Å². The van der Waals surface area contributed by atoms with Gasteiger partial charge in [-0.25, -0.2) is 0 Å². The number of rotatable bonds is 1. The van der Waals surface area contributed by atoms with Crippen LogP contribution in [0.5, 0.6) is 0 Å². The molecule has 1 amide bonds. The van der Waals surface area contributed by atoms with Crippen molar-refractivity contribution in [2.24, 2.45) is 5.73 Å². The summed E-state index contributed by atoms with van der Waals surface area (Å²) in [5.74, 6) is -0.671. The monoisotopic (exact) mass is 110 g/mol. The lowest BCUT2D eigenvalue weighted by Crippen LogP contribution is -2.12. The van der Waals surface area contributed by atoms with Crippen LogP contribution in [-0.4, -0.2) is 5.91 Å². The van der Waals surface area contributed by atoms with E-state index in [9.17, 15) is 4.79 Å². The van der Waals surface area contributed by atoms with Crippen LogP contribution >= 0.6 is 0 Å². The molecule has 0 aromatic heterocycles. The Bertz CT molecular complexity index is 164. The van der Waals surface area contributed by atoms with Crippen LogP contribution in [0.2, 0.25) is 0 Å². The average molecular weight is 110 g/mol. The molecule has 0 bridgehead atoms. The topological polar surface area (TPSA) is 66.9 Å². The first-order chi connectivity index (χ1) is 3.72. The number of carbonyl (C=O) groups excluding carboxylic acids is 1. The molecule has 0 rings (SSSR count). The lowest BCUT2D eigenvalue weighted by Gasteiger charge is -1.82. The summed E-state index contributed by atoms with van der Waals surface area (Å²) in [7, 11) is 0. The first-order valence-corrected chi connectivity index (χ1v) is 2.08. The van der Waals surface area contributed by atoms with Gasteiger partial charge in [-0.3, -0.25) is 4.79 Å². The van der Waals surface area contributed by atoms with Crippen molar-refractivity contribution < 1.29 is 4.79 Å². The van der Waals surface area contributed by atoms with Gasteiger partial charge in [0.15, 0.2) is 0 Å². The molecular formula is C5H6N2O. The van der Waals surface area contributed by atoms with E-state index in [1.807, 2.05) is 0 Å². The Labute approximate surface area is 47.4 Å². The number of nitrogens with two attached hydrogens (primary N) is 1. The lowest BCUT2D eigenvalue weighted by atomic mass is 10.3. The van der Waals surface area contributed by atoms with Gasteiger partial charge in [0, 0.05) is 0 Å². The fraction of sp³-hybridized carbons (Fsp3) is 0.200. The maximum Gasteiger partial charge on any atom is 0.259 e. The predicted molar refractivity (Wildman–Crippen MR) is 28.6 cm³/mol. The molecular weight excluding hydrogens is 104 g/mol. The van der Waals surface area contributed by atoms with Gasteiger partial charge in [0.2, 0.25) is 0 Å². The molecule has 0 atom stereocenters. The van der Waals surface area contributed by atoms with Crippen LogP contribution in [0.15, 0.2) is 11.6 Å². The molecule has 0 saturated carbocycles. The fourth-order valence-corrected chi connectivity index (χ4v) is 0.262. The minimum atomic E-state index is -0.671. The molecule has 0 aromatic carbocycles. The molecule has 2 N–H and O–H groups in total. The highest BCUT2D eigenvalue weighted by atomic mass is 16.1. The molecule has 0 radical (unpaired) electrons. The number of nitrogens with zero attached hydrogens (tertiary/aromatic N) is 1. The second kappa shape index (κ2) is 2.80. The summed E-state index contributed by atoms with van der Waals surface area (Å²) in [6.45, 7) is 1.59. The number of nitriles is 1. The standard InChI is InChI=1S/C5H6N2O/c1-2-4(3-6)5(7)8/h2H,1H3,(H2,7,8). The highest BCUT2D eigenvalue weighted by molar-refractivity contribution is 5.95. The van der Waals surface area contributed by atoms with Crippen molar-refractivity contribution in [3.05, 3.63) is 11.6 Å². The van der Waals surface area contributed by atoms with E-state index in [-0.39, 0.29) is 5.57 Å². The Hall–Kier alpha value is -1.30. The van der Waals surface area contributed by atoms with Crippen LogP contribution in [0.25, 0.3) is 0 Å². The molecule has 0 fully saturated rings. The van der Waals surface area contributed by atoms with Crippen LogP contribution in [0.4, 0.5) is 0 Å². The number of carbonyl (C=O) groups is 1. The summed E-state index contributed by atoms with van der Waals surface area (Å²) >= 11 is 0. The van der Waals surface area contributed by atoms with Gasteiger partial charge in [0.05, 0.1) is 0 Å². The van der Waals surface area contributed by atoms with Crippen molar-refractivity contribution in [2.75, 3.05) is 0 Å². The Balaban J connectivity index is 4.20. The predicted octanol–water partition coefficient (Wildman–Crippen LogP) is -0.0584. The summed E-state index contributed by atoms with van der Waals surface area (Å²) in [6.07, 6.45) is 1.38. The van der Waals surface area contributed by atoms with E-state index >= 15 is 0 Å². The number of amides is 1. The van der Waals surface area contributed by atoms with Crippen LogP contribution in [0, 0.1) is 11.3 Å². The minimum absolute atomic E-state index is 0.00463. The molecule has 0 aliphatic carbocycles. The maximum atomic E-state index is 10.1. The number of hydrogen-bond donors (Lipinski definition) is 1. The molecule has 0 spiro atoms. The zero-order valence-electron chi connectivity index (χ0n) is 4.51. The Kier molecular flexibility index (Phi) is 2.35. The molecule has 0 aliphatic heterocycles. The van der Waals surface area contributed by atoms with Crippen molar-refractivity contribution >= 4 is 5.91 Å². The van der Waals surface area contributed by atoms with Gasteiger partial charge < -0.3 is 5.73 Å². The van der Waals surface area contributed by atoms with Gasteiger partial charge in [-0.2, -0.15) is 5.26 Å². The number of allylic oxidation sites excluding steroid dienone is 1. The number of primary amides is 1. The number of hydrogen-bond acceptors (Lipinski definition) is 2. The maximum absolute atomic E-state index is 10.1. The first-order valence-electron chi connectivity index (χ1n) is 2.08. The van der Waals surface area contributed by atoms with E-state index in [4.69, 9.17) is 11.0 Å². The molecule has 42 valence electrons. The van der Waals surface area contributed by atoms with Crippen LogP contribution in [-0.2, 0) is 4.79 Å². The quantitative estimate of drug-likeness (QED) is 0.379. The van der Waals surface area contributed by atoms with Crippen molar-refractivity contribution in [2.45, 2.75) is 6.92 Å². The van der Waals surface area contributed by atoms with Crippen molar-refractivity contribution in [3.63, 3.8) is 0 Å². The van der Waals surface area contributed by atoms with E-state index in [2.05, 4.69) is 0 Å². The zero-order valence-corrected chi connectivity index (χ0v) is 4.51. The van der Waals surface area contributed by atoms with E-state index in [1.165, 1.54) is 6.08 Å². The van der Waals surface area contributed by atoms with Gasteiger partial charge in [0.25, 0.3) is 5.91 Å². The molecule has 0 unspecified atom stereocenters. The zero-order chi connectivity index (χ0) is 6.57. The summed E-state index contributed by atoms with van der Waals surface area (Å²) in [5, 5.41) is 8.08. The minimum Gasteiger partial charge on any atom is -0.365 e. The highest BCUT2D eigenvalue weighted by Crippen LogP contribution is 1.86. The highest BCUT2D eigenvalue weighted by Gasteiger charge is 1.97. The third-order valence-electron chi connectivity index (χ3n) is 0.675. The Morgan fingerprint density at radius 1 is 1.88 bits per heavy atom. The summed E-state index contributed by atoms with van der Waals surface area (Å²) in [5.41, 5.74) is 4.73. The summed E-state index contributed by atoms with van der Waals surface area (Å²) in [4.78, 5) is 10.1. The van der Waals surface area contributed by atoms with E-state index < -0.39 is 5.91 Å². The van der Waals surface area contributed by atoms with E-state index in [0.717, 1.165) is 0 Å². The molecule has 0 aromatic rings. The Morgan fingerprint density at radius 3 is 2.38 bits per heavy atom. The SMILES string of the molecule is CC=C(C#N)C(N)=O. The van der Waals surface area contributed by atoms with Gasteiger partial charge in [-0.1, -0.05) is 6.08 Å². The third-order valence-corrected chi connectivity index (χ3v) is 0.675. The van der Waals surface area contributed by atoms with Gasteiger partial charge in [-0.15, -0.1) is 0 Å². The van der Waals surface area contributed by atoms with Crippen molar-refractivity contribution in [1.82, 2.24) is 0 Å². The molecule has 3 nitrogen and oxygen atoms in total. The molecule has 0 saturated heterocycles. The molecule has 0 heterocycles. The largest absolute Gasteiger partial charge is 0.365 e. The smallest absolute Gasteiger partial charge is 0.259 e. The Morgan fingerprint density at radius 2 is 2.38 bits per heavy atom. The fourth-order valence-electron chi connectivity index (χ4n) is 0.262. The van der Waals surface area contributed by atoms with E-state index in [1.54, 1.807) is 13.0 Å². The summed E-state index contributed by atoms with van der Waals surface area (Å²) < 4.78 is 0. The van der Waals surface area contributed by atoms with Crippen LogP contribution in [0.3, 0.4) is 0 Å². The van der Waals surface area contributed by atoms with Crippen LogP contribution < -0.4 is 5.73 Å². The van der Waals surface area contributed by atoms with E-state index in [0.29, 0.717) is 0 Å². The van der Waals surface area contributed by atoms with Crippen molar-refractivity contribution in [3.8, 4) is 6.07 Å². The molecule has 0 aliphatic rings. The summed E-state index contributed by atoms with van der Waals surface area (Å²) in [6, 6.07) is 1.64. The normalized spacial score (nSPS) is 10.2. The second-order valence-electron chi connectivity index (χ2n) is 1.18. The van der Waals surface area contributed by atoms with Gasteiger partial charge in [0.1, 0.15) is 11.6 Å². The molecule has 8 heavy (non-hydrogen) atoms. The van der Waals surface area contributed by atoms with Gasteiger partial charge >= 0.3 is 0 Å². The average Bonchev–Trinajstić information content (AvgIpc) is 1.69. The first kappa shape index (κ1) is 6.70. The third kappa shape index (κ3) is 1.43. The second-order valence-corrected chi connectivity index (χ2v) is 1.18. The van der Waals surface area contributed by atoms with Gasteiger partial charge in [-0.05, 0) is 6.92 Å². The van der Waals surface area contributed by atoms with Crippen LogP contribution in [0.1, 0.15) is 6.92 Å². The lowest BCUT2D eigenvalue weighted by molar-refractivity contribution is -0.114. The molecule has 3 heteroatoms.